The summed E-state index contributed by atoms with van der Waals surface area (Å²) in [4.78, 5) is 10.6. The summed E-state index contributed by atoms with van der Waals surface area (Å²) in [5.74, 6) is 1.64. The van der Waals surface area contributed by atoms with Gasteiger partial charge in [-0.15, -0.1) is 0 Å². The normalized spacial score (nSPS) is 15.5. The molecule has 1 heterocycles. The van der Waals surface area contributed by atoms with Crippen LogP contribution in [-0.4, -0.2) is 30.4 Å². The summed E-state index contributed by atoms with van der Waals surface area (Å²) in [6.07, 6.45) is 3.53. The van der Waals surface area contributed by atoms with Crippen molar-refractivity contribution in [2.75, 3.05) is 13.2 Å². The Hall–Kier alpha value is -2.69. The van der Waals surface area contributed by atoms with E-state index in [0.717, 1.165) is 42.1 Å². The van der Waals surface area contributed by atoms with Gasteiger partial charge in [-0.25, -0.2) is 0 Å². The third-order valence-corrected chi connectivity index (χ3v) is 4.30. The van der Waals surface area contributed by atoms with E-state index in [0.29, 0.717) is 19.6 Å². The van der Waals surface area contributed by atoms with E-state index in [-0.39, 0.29) is 12.5 Å². The molecule has 3 rings (SSSR count). The van der Waals surface area contributed by atoms with Gasteiger partial charge in [-0.05, 0) is 43.0 Å². The Balaban J connectivity index is 1.48. The highest BCUT2D eigenvalue weighted by molar-refractivity contribution is 5.66. The fraction of sp³-hybridized carbons (Fsp3) is 0.381. The second-order valence-corrected chi connectivity index (χ2v) is 6.37. The average Bonchev–Trinajstić information content (AvgIpc) is 2.66. The van der Waals surface area contributed by atoms with Crippen molar-refractivity contribution >= 4 is 5.97 Å². The highest BCUT2D eigenvalue weighted by Gasteiger charge is 2.21. The van der Waals surface area contributed by atoms with Gasteiger partial charge in [-0.3, -0.25) is 4.79 Å². The number of aryl methyl sites for hydroxylation is 1. The number of carboxylic acids is 1. The van der Waals surface area contributed by atoms with E-state index in [9.17, 15) is 4.79 Å². The molecule has 0 aliphatic carbocycles. The molecule has 138 valence electrons. The number of carbonyl (C=O) groups is 1. The molecule has 0 radical (unpaired) electrons. The van der Waals surface area contributed by atoms with Crippen LogP contribution in [0.25, 0.3) is 0 Å². The predicted octanol–water partition coefficient (Wildman–Crippen LogP) is 4.09. The summed E-state index contributed by atoms with van der Waals surface area (Å²) in [5.41, 5.74) is 1.14. The van der Waals surface area contributed by atoms with Crippen LogP contribution in [0.2, 0.25) is 0 Å². The largest absolute Gasteiger partial charge is 0.489 e. The lowest BCUT2D eigenvalue weighted by Gasteiger charge is -2.26. The minimum absolute atomic E-state index is 0.145. The maximum absolute atomic E-state index is 10.6. The number of hydrogen-bond donors (Lipinski definition) is 1. The smallest absolute Gasteiger partial charge is 0.303 e. The fourth-order valence-electron chi connectivity index (χ4n) is 2.95. The molecule has 0 spiro atoms. The molecule has 1 aliphatic heterocycles. The second-order valence-electron chi connectivity index (χ2n) is 6.37. The Morgan fingerprint density at radius 3 is 2.65 bits per heavy atom. The molecule has 26 heavy (non-hydrogen) atoms. The van der Waals surface area contributed by atoms with E-state index in [1.165, 1.54) is 0 Å². The third kappa shape index (κ3) is 5.15. The van der Waals surface area contributed by atoms with Crippen molar-refractivity contribution in [3.63, 3.8) is 0 Å². The summed E-state index contributed by atoms with van der Waals surface area (Å²) in [7, 11) is 0. The zero-order chi connectivity index (χ0) is 18.2. The summed E-state index contributed by atoms with van der Waals surface area (Å²) in [5, 5.41) is 8.69. The van der Waals surface area contributed by atoms with Gasteiger partial charge in [-0.2, -0.15) is 0 Å². The highest BCUT2D eigenvalue weighted by atomic mass is 16.6. The third-order valence-electron chi connectivity index (χ3n) is 4.30. The van der Waals surface area contributed by atoms with Crippen LogP contribution >= 0.6 is 0 Å². The van der Waals surface area contributed by atoms with Gasteiger partial charge in [0.25, 0.3) is 0 Å². The topological polar surface area (TPSA) is 65.0 Å². The van der Waals surface area contributed by atoms with Crippen molar-refractivity contribution in [1.29, 1.82) is 0 Å². The number of aliphatic carboxylic acids is 1. The van der Waals surface area contributed by atoms with Gasteiger partial charge in [0, 0.05) is 6.42 Å². The zero-order valence-electron chi connectivity index (χ0n) is 14.7. The van der Waals surface area contributed by atoms with Crippen LogP contribution in [0.5, 0.6) is 17.2 Å². The van der Waals surface area contributed by atoms with Crippen molar-refractivity contribution in [3.8, 4) is 17.2 Å². The van der Waals surface area contributed by atoms with Gasteiger partial charge in [0.2, 0.25) is 0 Å². The van der Waals surface area contributed by atoms with Gasteiger partial charge in [-0.1, -0.05) is 36.8 Å². The SMILES string of the molecule is O=C(O)CCCCCc1ccccc1OCC1COc2ccccc2O1. The lowest BCUT2D eigenvalue weighted by atomic mass is 10.1. The van der Waals surface area contributed by atoms with E-state index < -0.39 is 5.97 Å². The number of hydrogen-bond acceptors (Lipinski definition) is 4. The number of carboxylic acid groups (broad SMARTS) is 1. The van der Waals surface area contributed by atoms with E-state index >= 15 is 0 Å². The van der Waals surface area contributed by atoms with Gasteiger partial charge in [0.05, 0.1) is 0 Å². The molecule has 5 heteroatoms. The molecule has 0 saturated carbocycles. The van der Waals surface area contributed by atoms with Crippen LogP contribution in [0, 0.1) is 0 Å². The molecule has 1 N–H and O–H groups in total. The van der Waals surface area contributed by atoms with Crippen LogP contribution in [0.4, 0.5) is 0 Å². The molecule has 0 aromatic heterocycles. The van der Waals surface area contributed by atoms with Crippen LogP contribution in [0.1, 0.15) is 31.2 Å². The monoisotopic (exact) mass is 356 g/mol. The summed E-state index contributed by atoms with van der Waals surface area (Å²) in [6, 6.07) is 15.6. The molecule has 0 fully saturated rings. The quantitative estimate of drug-likeness (QED) is 0.686. The standard InChI is InChI=1S/C21H24O5/c22-21(23)13-3-1-2-8-16-9-4-5-10-18(16)24-14-17-15-25-19-11-6-7-12-20(19)26-17/h4-7,9-12,17H,1-3,8,13-15H2,(H,22,23). The van der Waals surface area contributed by atoms with Crippen molar-refractivity contribution in [2.24, 2.45) is 0 Å². The first-order valence-corrected chi connectivity index (χ1v) is 9.03. The summed E-state index contributed by atoms with van der Waals surface area (Å²) >= 11 is 0. The number of ether oxygens (including phenoxy) is 3. The zero-order valence-corrected chi connectivity index (χ0v) is 14.7. The van der Waals surface area contributed by atoms with Crippen LogP contribution in [0.15, 0.2) is 48.5 Å². The lowest BCUT2D eigenvalue weighted by Crippen LogP contribution is -2.34. The highest BCUT2D eigenvalue weighted by Crippen LogP contribution is 2.31. The van der Waals surface area contributed by atoms with E-state index in [1.54, 1.807) is 0 Å². The molecular weight excluding hydrogens is 332 g/mol. The summed E-state index contributed by atoms with van der Waals surface area (Å²) in [6.45, 7) is 0.888. The van der Waals surface area contributed by atoms with Crippen molar-refractivity contribution in [1.82, 2.24) is 0 Å². The van der Waals surface area contributed by atoms with Crippen LogP contribution < -0.4 is 14.2 Å². The van der Waals surface area contributed by atoms with E-state index in [1.807, 2.05) is 42.5 Å². The number of para-hydroxylation sites is 3. The number of fused-ring (bicyclic) bond motifs is 1. The van der Waals surface area contributed by atoms with E-state index in [2.05, 4.69) is 6.07 Å². The molecule has 1 aliphatic rings. The first-order chi connectivity index (χ1) is 12.7. The minimum Gasteiger partial charge on any atom is -0.489 e. The molecule has 1 unspecified atom stereocenters. The molecule has 0 bridgehead atoms. The molecule has 0 amide bonds. The number of benzene rings is 2. The maximum Gasteiger partial charge on any atom is 0.303 e. The fourth-order valence-corrected chi connectivity index (χ4v) is 2.95. The Labute approximate surface area is 153 Å². The molecule has 0 saturated heterocycles. The van der Waals surface area contributed by atoms with E-state index in [4.69, 9.17) is 19.3 Å². The van der Waals surface area contributed by atoms with Crippen LogP contribution in [0.3, 0.4) is 0 Å². The van der Waals surface area contributed by atoms with Gasteiger partial charge in [0.15, 0.2) is 17.6 Å². The minimum atomic E-state index is -0.731. The predicted molar refractivity (Wildman–Crippen MR) is 98.1 cm³/mol. The summed E-state index contributed by atoms with van der Waals surface area (Å²) < 4.78 is 17.6. The van der Waals surface area contributed by atoms with Crippen molar-refractivity contribution < 1.29 is 24.1 Å². The Kier molecular flexibility index (Phi) is 6.36. The Morgan fingerprint density at radius 2 is 1.81 bits per heavy atom. The average molecular weight is 356 g/mol. The molecule has 1 atom stereocenters. The van der Waals surface area contributed by atoms with Gasteiger partial charge < -0.3 is 19.3 Å². The van der Waals surface area contributed by atoms with Crippen molar-refractivity contribution in [2.45, 2.75) is 38.2 Å². The first kappa shape index (κ1) is 18.1. The first-order valence-electron chi connectivity index (χ1n) is 9.03. The molecular formula is C21H24O5. The number of unbranched alkanes of at least 4 members (excludes halogenated alkanes) is 2. The maximum atomic E-state index is 10.6. The second kappa shape index (κ2) is 9.13. The molecule has 2 aromatic carbocycles. The molecule has 5 nitrogen and oxygen atoms in total. The Morgan fingerprint density at radius 1 is 1.04 bits per heavy atom. The van der Waals surface area contributed by atoms with Crippen LogP contribution in [-0.2, 0) is 11.2 Å². The lowest BCUT2D eigenvalue weighted by molar-refractivity contribution is -0.137. The number of rotatable bonds is 9. The van der Waals surface area contributed by atoms with Gasteiger partial charge >= 0.3 is 5.97 Å². The van der Waals surface area contributed by atoms with Gasteiger partial charge in [0.1, 0.15) is 19.0 Å². The van der Waals surface area contributed by atoms with Crippen molar-refractivity contribution in [3.05, 3.63) is 54.1 Å². The Bertz CT molecular complexity index is 728. The molecule has 2 aromatic rings.